The third-order valence-electron chi connectivity index (χ3n) is 1.49. The van der Waals surface area contributed by atoms with Crippen LogP contribution in [-0.4, -0.2) is 5.97 Å². The maximum atomic E-state index is 10.5. The van der Waals surface area contributed by atoms with Crippen molar-refractivity contribution in [2.45, 2.75) is 13.5 Å². The maximum absolute atomic E-state index is 10.5. The van der Waals surface area contributed by atoms with Gasteiger partial charge in [0, 0.05) is 24.6 Å². The number of carbonyl (C=O) groups is 1. The molecule has 13 heavy (non-hydrogen) atoms. The molecule has 0 radical (unpaired) electrons. The minimum absolute atomic E-state index is 0. The van der Waals surface area contributed by atoms with Crippen molar-refractivity contribution in [2.24, 2.45) is 7.05 Å². The number of esters is 1. The number of pyridine rings is 1. The SMILES string of the molecule is CC(=O)OCc1cc[n+](C)cc1.[I-]. The smallest absolute Gasteiger partial charge is 0.302 e. The fourth-order valence-corrected chi connectivity index (χ4v) is 0.813. The van der Waals surface area contributed by atoms with Crippen molar-refractivity contribution in [2.75, 3.05) is 0 Å². The van der Waals surface area contributed by atoms with E-state index < -0.39 is 0 Å². The van der Waals surface area contributed by atoms with Crippen LogP contribution in [0.3, 0.4) is 0 Å². The van der Waals surface area contributed by atoms with E-state index in [1.807, 2.05) is 36.1 Å². The van der Waals surface area contributed by atoms with Crippen molar-refractivity contribution >= 4 is 5.97 Å². The first-order valence-electron chi connectivity index (χ1n) is 3.76. The Labute approximate surface area is 94.7 Å². The molecule has 0 saturated heterocycles. The molecule has 0 saturated carbocycles. The third-order valence-corrected chi connectivity index (χ3v) is 1.49. The van der Waals surface area contributed by atoms with Gasteiger partial charge in [0.15, 0.2) is 12.4 Å². The summed E-state index contributed by atoms with van der Waals surface area (Å²) in [6.45, 7) is 1.76. The van der Waals surface area contributed by atoms with Gasteiger partial charge in [-0.25, -0.2) is 4.57 Å². The maximum Gasteiger partial charge on any atom is 0.302 e. The highest BCUT2D eigenvalue weighted by Crippen LogP contribution is 1.97. The highest BCUT2D eigenvalue weighted by Gasteiger charge is 1.97. The molecular weight excluding hydrogens is 281 g/mol. The first-order valence-corrected chi connectivity index (χ1v) is 3.76. The molecule has 0 N–H and O–H groups in total. The fourth-order valence-electron chi connectivity index (χ4n) is 0.813. The van der Waals surface area contributed by atoms with Gasteiger partial charge in [0.1, 0.15) is 13.7 Å². The zero-order valence-corrected chi connectivity index (χ0v) is 9.82. The Kier molecular flexibility index (Phi) is 5.61. The quantitative estimate of drug-likeness (QED) is 0.345. The Bertz CT molecular complexity index is 271. The summed E-state index contributed by atoms with van der Waals surface area (Å²) in [5.74, 6) is -0.247. The van der Waals surface area contributed by atoms with Crippen molar-refractivity contribution in [3.05, 3.63) is 30.1 Å². The predicted molar refractivity (Wildman–Crippen MR) is 43.1 cm³/mol. The van der Waals surface area contributed by atoms with Crippen LogP contribution in [0.25, 0.3) is 0 Å². The Morgan fingerprint density at radius 1 is 1.46 bits per heavy atom. The number of rotatable bonds is 2. The Morgan fingerprint density at radius 3 is 2.46 bits per heavy atom. The van der Waals surface area contributed by atoms with Crippen LogP contribution in [0.15, 0.2) is 24.5 Å². The number of hydrogen-bond donors (Lipinski definition) is 0. The number of aryl methyl sites for hydroxylation is 1. The average molecular weight is 293 g/mol. The van der Waals surface area contributed by atoms with Gasteiger partial charge in [0.2, 0.25) is 0 Å². The van der Waals surface area contributed by atoms with E-state index in [0.29, 0.717) is 6.61 Å². The second-order valence-corrected chi connectivity index (χ2v) is 2.65. The van der Waals surface area contributed by atoms with Gasteiger partial charge >= 0.3 is 5.97 Å². The molecule has 72 valence electrons. The summed E-state index contributed by atoms with van der Waals surface area (Å²) in [4.78, 5) is 10.5. The Balaban J connectivity index is 0.00000144. The summed E-state index contributed by atoms with van der Waals surface area (Å²) >= 11 is 0. The lowest BCUT2D eigenvalue weighted by atomic mass is 10.3. The van der Waals surface area contributed by atoms with Crippen LogP contribution < -0.4 is 28.5 Å². The van der Waals surface area contributed by atoms with E-state index in [1.165, 1.54) is 6.92 Å². The number of ether oxygens (including phenoxy) is 1. The van der Waals surface area contributed by atoms with Crippen molar-refractivity contribution in [3.8, 4) is 0 Å². The van der Waals surface area contributed by atoms with Gasteiger partial charge < -0.3 is 28.7 Å². The molecule has 1 aromatic rings. The predicted octanol–water partition coefficient (Wildman–Crippen LogP) is -2.42. The second kappa shape index (κ2) is 5.90. The van der Waals surface area contributed by atoms with Crippen LogP contribution in [0.1, 0.15) is 12.5 Å². The largest absolute Gasteiger partial charge is 1.00 e. The Morgan fingerprint density at radius 2 is 2.00 bits per heavy atom. The van der Waals surface area contributed by atoms with Gasteiger partial charge in [-0.15, -0.1) is 0 Å². The normalized spacial score (nSPS) is 8.77. The van der Waals surface area contributed by atoms with Gasteiger partial charge in [-0.3, -0.25) is 4.79 Å². The lowest BCUT2D eigenvalue weighted by Crippen LogP contribution is -3.00. The van der Waals surface area contributed by atoms with Crippen LogP contribution in [0.2, 0.25) is 0 Å². The topological polar surface area (TPSA) is 30.2 Å². The van der Waals surface area contributed by atoms with E-state index in [1.54, 1.807) is 0 Å². The van der Waals surface area contributed by atoms with Gasteiger partial charge in [0.25, 0.3) is 0 Å². The highest BCUT2D eigenvalue weighted by molar-refractivity contribution is 5.65. The molecule has 0 aliphatic heterocycles. The highest BCUT2D eigenvalue weighted by atomic mass is 127. The van der Waals surface area contributed by atoms with E-state index in [9.17, 15) is 4.79 Å². The standard InChI is InChI=1S/C9H12NO2.HI/c1-8(11)12-7-9-3-5-10(2)6-4-9;/h3-6H,7H2,1-2H3;1H/q+1;/p-1. The van der Waals surface area contributed by atoms with E-state index in [0.717, 1.165) is 5.56 Å². The molecule has 0 atom stereocenters. The summed E-state index contributed by atoms with van der Waals surface area (Å²) in [7, 11) is 1.94. The molecule has 0 fully saturated rings. The Hall–Kier alpha value is -0.650. The van der Waals surface area contributed by atoms with Crippen LogP contribution in [-0.2, 0) is 23.2 Å². The molecule has 0 unspecified atom stereocenters. The van der Waals surface area contributed by atoms with E-state index >= 15 is 0 Å². The van der Waals surface area contributed by atoms with E-state index in [2.05, 4.69) is 0 Å². The number of nitrogens with zero attached hydrogens (tertiary/aromatic N) is 1. The fraction of sp³-hybridized carbons (Fsp3) is 0.333. The summed E-state index contributed by atoms with van der Waals surface area (Å²) in [5.41, 5.74) is 1.00. The molecule has 0 aromatic carbocycles. The molecule has 3 nitrogen and oxygen atoms in total. The molecule has 0 aliphatic carbocycles. The molecule has 0 aliphatic rings. The van der Waals surface area contributed by atoms with Crippen LogP contribution >= 0.6 is 0 Å². The van der Waals surface area contributed by atoms with Gasteiger partial charge in [-0.2, -0.15) is 0 Å². The lowest BCUT2D eigenvalue weighted by Gasteiger charge is -1.99. The van der Waals surface area contributed by atoms with Crippen molar-refractivity contribution in [1.29, 1.82) is 0 Å². The van der Waals surface area contributed by atoms with E-state index in [-0.39, 0.29) is 29.9 Å². The van der Waals surface area contributed by atoms with Gasteiger partial charge in [-0.1, -0.05) is 0 Å². The van der Waals surface area contributed by atoms with Gasteiger partial charge in [0.05, 0.1) is 0 Å². The molecule has 0 bridgehead atoms. The average Bonchev–Trinajstić information content (AvgIpc) is 2.03. The molecule has 1 rings (SSSR count). The summed E-state index contributed by atoms with van der Waals surface area (Å²) in [6.07, 6.45) is 3.83. The lowest BCUT2D eigenvalue weighted by molar-refractivity contribution is -0.671. The van der Waals surface area contributed by atoms with Crippen LogP contribution in [0, 0.1) is 0 Å². The van der Waals surface area contributed by atoms with Crippen LogP contribution in [0.5, 0.6) is 0 Å². The number of carbonyl (C=O) groups excluding carboxylic acids is 1. The molecule has 0 amide bonds. The number of aromatic nitrogens is 1. The minimum Gasteiger partial charge on any atom is -1.00 e. The zero-order valence-electron chi connectivity index (χ0n) is 7.66. The molecule has 1 aromatic heterocycles. The molecule has 0 spiro atoms. The minimum atomic E-state index is -0.247. The second-order valence-electron chi connectivity index (χ2n) is 2.65. The third kappa shape index (κ3) is 4.82. The van der Waals surface area contributed by atoms with Crippen molar-refractivity contribution in [1.82, 2.24) is 0 Å². The van der Waals surface area contributed by atoms with Crippen molar-refractivity contribution < 1.29 is 38.1 Å². The first-order chi connectivity index (χ1) is 5.68. The zero-order chi connectivity index (χ0) is 8.97. The first kappa shape index (κ1) is 12.3. The van der Waals surface area contributed by atoms with Gasteiger partial charge in [-0.05, 0) is 0 Å². The monoisotopic (exact) mass is 293 g/mol. The summed E-state index contributed by atoms with van der Waals surface area (Å²) in [5, 5.41) is 0. The molecule has 4 heteroatoms. The molecular formula is C9H12INO2. The summed E-state index contributed by atoms with van der Waals surface area (Å²) < 4.78 is 6.75. The summed E-state index contributed by atoms with van der Waals surface area (Å²) in [6, 6.07) is 3.84. The number of halogens is 1. The van der Waals surface area contributed by atoms with Crippen molar-refractivity contribution in [3.63, 3.8) is 0 Å². The van der Waals surface area contributed by atoms with E-state index in [4.69, 9.17) is 4.74 Å². The molecule has 1 heterocycles. The number of hydrogen-bond acceptors (Lipinski definition) is 2. The van der Waals surface area contributed by atoms with Crippen LogP contribution in [0.4, 0.5) is 0 Å².